The van der Waals surface area contributed by atoms with Gasteiger partial charge >= 0.3 is 0 Å². The Kier molecular flexibility index (Phi) is 5.24. The highest BCUT2D eigenvalue weighted by Gasteiger charge is 2.08. The van der Waals surface area contributed by atoms with Crippen LogP contribution >= 0.6 is 0 Å². The molecule has 138 valence electrons. The second-order valence-corrected chi connectivity index (χ2v) is 6.53. The number of anilines is 3. The summed E-state index contributed by atoms with van der Waals surface area (Å²) in [6.07, 6.45) is 3.58. The minimum Gasteiger partial charge on any atom is -0.366 e. The smallest absolute Gasteiger partial charge is 0.229 e. The highest BCUT2D eigenvalue weighted by Crippen LogP contribution is 2.23. The molecule has 0 radical (unpaired) electrons. The maximum absolute atomic E-state index is 4.71. The molecule has 0 unspecified atom stereocenters. The van der Waals surface area contributed by atoms with Gasteiger partial charge in [-0.1, -0.05) is 42.5 Å². The van der Waals surface area contributed by atoms with E-state index in [9.17, 15) is 0 Å². The van der Waals surface area contributed by atoms with E-state index in [4.69, 9.17) is 4.98 Å². The molecule has 2 aromatic heterocycles. The second kappa shape index (κ2) is 8.31. The number of hydrogen-bond donors (Lipinski definition) is 2. The molecule has 0 aliphatic heterocycles. The number of nitrogens with zero attached hydrogens (tertiary/aromatic N) is 3. The lowest BCUT2D eigenvalue weighted by Crippen LogP contribution is -2.05. The zero-order chi connectivity index (χ0) is 19.2. The van der Waals surface area contributed by atoms with E-state index in [1.54, 1.807) is 12.4 Å². The lowest BCUT2D eigenvalue weighted by atomic mass is 10.1. The molecule has 5 heteroatoms. The summed E-state index contributed by atoms with van der Waals surface area (Å²) in [6, 6.07) is 24.2. The van der Waals surface area contributed by atoms with E-state index in [-0.39, 0.29) is 0 Å². The molecule has 0 spiro atoms. The summed E-state index contributed by atoms with van der Waals surface area (Å²) in [5, 5.41) is 6.71. The molecule has 0 aliphatic rings. The van der Waals surface area contributed by atoms with E-state index in [1.165, 1.54) is 5.56 Å². The molecule has 2 N–H and O–H groups in total. The molecule has 0 amide bonds. The summed E-state index contributed by atoms with van der Waals surface area (Å²) in [7, 11) is 0. The maximum atomic E-state index is 4.71. The number of hydrogen-bond acceptors (Lipinski definition) is 5. The molecule has 2 aromatic carbocycles. The molecule has 2 heterocycles. The van der Waals surface area contributed by atoms with Crippen LogP contribution in [-0.4, -0.2) is 15.0 Å². The van der Waals surface area contributed by atoms with Gasteiger partial charge in [-0.15, -0.1) is 0 Å². The van der Waals surface area contributed by atoms with Gasteiger partial charge in [0.2, 0.25) is 5.95 Å². The third kappa shape index (κ3) is 4.51. The molecule has 0 aliphatic carbocycles. The Hall–Kier alpha value is -3.73. The molecule has 0 saturated heterocycles. The van der Waals surface area contributed by atoms with Gasteiger partial charge in [0, 0.05) is 36.3 Å². The SMILES string of the molecule is Cc1cccc(Nc2nc(NCc3ccncc3)cc(-c3ccccc3)n2)c1. The summed E-state index contributed by atoms with van der Waals surface area (Å²) in [6.45, 7) is 2.73. The minimum atomic E-state index is 0.559. The molecule has 5 nitrogen and oxygen atoms in total. The number of aryl methyl sites for hydroxylation is 1. The van der Waals surface area contributed by atoms with Crippen LogP contribution in [0.1, 0.15) is 11.1 Å². The zero-order valence-electron chi connectivity index (χ0n) is 15.6. The van der Waals surface area contributed by atoms with Crippen molar-refractivity contribution in [3.8, 4) is 11.3 Å². The van der Waals surface area contributed by atoms with Crippen LogP contribution in [-0.2, 0) is 6.54 Å². The molecular weight excluding hydrogens is 346 g/mol. The third-order valence-electron chi connectivity index (χ3n) is 4.29. The van der Waals surface area contributed by atoms with Crippen LogP contribution in [0.3, 0.4) is 0 Å². The van der Waals surface area contributed by atoms with E-state index in [0.717, 1.165) is 28.3 Å². The van der Waals surface area contributed by atoms with Gasteiger partial charge in [0.05, 0.1) is 5.69 Å². The van der Waals surface area contributed by atoms with Crippen molar-refractivity contribution in [3.63, 3.8) is 0 Å². The summed E-state index contributed by atoms with van der Waals surface area (Å²) in [5.41, 5.74) is 5.20. The lowest BCUT2D eigenvalue weighted by molar-refractivity contribution is 1.08. The van der Waals surface area contributed by atoms with Crippen LogP contribution in [0.15, 0.2) is 85.2 Å². The van der Waals surface area contributed by atoms with Gasteiger partial charge in [-0.3, -0.25) is 4.98 Å². The zero-order valence-corrected chi connectivity index (χ0v) is 15.6. The monoisotopic (exact) mass is 367 g/mol. The van der Waals surface area contributed by atoms with Crippen molar-refractivity contribution in [2.45, 2.75) is 13.5 Å². The Labute approximate surface area is 164 Å². The Morgan fingerprint density at radius 2 is 1.64 bits per heavy atom. The predicted octanol–water partition coefficient (Wildman–Crippen LogP) is 5.20. The topological polar surface area (TPSA) is 62.7 Å². The van der Waals surface area contributed by atoms with E-state index < -0.39 is 0 Å². The van der Waals surface area contributed by atoms with E-state index in [1.807, 2.05) is 60.7 Å². The summed E-state index contributed by atoms with van der Waals surface area (Å²) in [5.74, 6) is 1.32. The normalized spacial score (nSPS) is 10.5. The van der Waals surface area contributed by atoms with Crippen LogP contribution < -0.4 is 10.6 Å². The third-order valence-corrected chi connectivity index (χ3v) is 4.29. The van der Waals surface area contributed by atoms with Crippen molar-refractivity contribution in [2.24, 2.45) is 0 Å². The molecule has 0 bridgehead atoms. The molecule has 4 rings (SSSR count). The van der Waals surface area contributed by atoms with Crippen molar-refractivity contribution in [1.82, 2.24) is 15.0 Å². The summed E-state index contributed by atoms with van der Waals surface area (Å²) in [4.78, 5) is 13.4. The molecule has 28 heavy (non-hydrogen) atoms. The van der Waals surface area contributed by atoms with Crippen molar-refractivity contribution < 1.29 is 0 Å². The Morgan fingerprint density at radius 3 is 2.43 bits per heavy atom. The van der Waals surface area contributed by atoms with Gasteiger partial charge in [-0.05, 0) is 42.3 Å². The Balaban J connectivity index is 1.64. The number of pyridine rings is 1. The van der Waals surface area contributed by atoms with Gasteiger partial charge in [0.25, 0.3) is 0 Å². The fourth-order valence-corrected chi connectivity index (χ4v) is 2.90. The first-order valence-corrected chi connectivity index (χ1v) is 9.17. The number of aromatic nitrogens is 3. The van der Waals surface area contributed by atoms with Crippen LogP contribution in [0.2, 0.25) is 0 Å². The highest BCUT2D eigenvalue weighted by atomic mass is 15.1. The quantitative estimate of drug-likeness (QED) is 0.490. The van der Waals surface area contributed by atoms with E-state index in [0.29, 0.717) is 12.5 Å². The average molecular weight is 367 g/mol. The second-order valence-electron chi connectivity index (χ2n) is 6.53. The van der Waals surface area contributed by atoms with Gasteiger partial charge in [0.15, 0.2) is 0 Å². The number of benzene rings is 2. The van der Waals surface area contributed by atoms with E-state index >= 15 is 0 Å². The van der Waals surface area contributed by atoms with Crippen molar-refractivity contribution in [2.75, 3.05) is 10.6 Å². The fraction of sp³-hybridized carbons (Fsp3) is 0.0870. The molecule has 0 fully saturated rings. The molecule has 4 aromatic rings. The molecular formula is C23H21N5. The largest absolute Gasteiger partial charge is 0.366 e. The highest BCUT2D eigenvalue weighted by molar-refractivity contribution is 5.66. The van der Waals surface area contributed by atoms with Crippen LogP contribution in [0, 0.1) is 6.92 Å². The number of nitrogens with one attached hydrogen (secondary N) is 2. The van der Waals surface area contributed by atoms with Crippen molar-refractivity contribution in [1.29, 1.82) is 0 Å². The molecule has 0 saturated carbocycles. The van der Waals surface area contributed by atoms with Gasteiger partial charge in [-0.25, -0.2) is 4.98 Å². The van der Waals surface area contributed by atoms with Crippen LogP contribution in [0.4, 0.5) is 17.5 Å². The van der Waals surface area contributed by atoms with Crippen LogP contribution in [0.25, 0.3) is 11.3 Å². The first kappa shape index (κ1) is 17.7. The maximum Gasteiger partial charge on any atom is 0.229 e. The molecule has 0 atom stereocenters. The lowest BCUT2D eigenvalue weighted by Gasteiger charge is -2.12. The average Bonchev–Trinajstić information content (AvgIpc) is 2.74. The predicted molar refractivity (Wildman–Crippen MR) is 113 cm³/mol. The fourth-order valence-electron chi connectivity index (χ4n) is 2.90. The first-order chi connectivity index (χ1) is 13.8. The Morgan fingerprint density at radius 1 is 0.821 bits per heavy atom. The van der Waals surface area contributed by atoms with Crippen molar-refractivity contribution >= 4 is 17.5 Å². The number of rotatable bonds is 6. The Bertz CT molecular complexity index is 1050. The van der Waals surface area contributed by atoms with Crippen LogP contribution in [0.5, 0.6) is 0 Å². The van der Waals surface area contributed by atoms with E-state index in [2.05, 4.69) is 39.7 Å². The first-order valence-electron chi connectivity index (χ1n) is 9.17. The summed E-state index contributed by atoms with van der Waals surface area (Å²) < 4.78 is 0. The standard InChI is InChI=1S/C23H21N5/c1-17-6-5-9-20(14-17)26-23-27-21(19-7-3-2-4-8-19)15-22(28-23)25-16-18-10-12-24-13-11-18/h2-15H,16H2,1H3,(H2,25,26,27,28). The van der Waals surface area contributed by atoms with Gasteiger partial charge < -0.3 is 10.6 Å². The van der Waals surface area contributed by atoms with Gasteiger partial charge in [0.1, 0.15) is 5.82 Å². The summed E-state index contributed by atoms with van der Waals surface area (Å²) >= 11 is 0. The van der Waals surface area contributed by atoms with Gasteiger partial charge in [-0.2, -0.15) is 4.98 Å². The minimum absolute atomic E-state index is 0.559. The van der Waals surface area contributed by atoms with Crippen molar-refractivity contribution in [3.05, 3.63) is 96.3 Å².